The molecule has 168 valence electrons. The molecule has 0 bridgehead atoms. The van der Waals surface area contributed by atoms with Gasteiger partial charge in [0.05, 0.1) is 25.5 Å². The fourth-order valence-corrected chi connectivity index (χ4v) is 4.71. The van der Waals surface area contributed by atoms with Crippen molar-refractivity contribution in [2.45, 2.75) is 39.0 Å². The van der Waals surface area contributed by atoms with E-state index in [9.17, 15) is 4.79 Å². The summed E-state index contributed by atoms with van der Waals surface area (Å²) in [6, 6.07) is 3.66. The van der Waals surface area contributed by atoms with Crippen LogP contribution in [0, 0.1) is 12.8 Å². The molecule has 8 nitrogen and oxygen atoms in total. The second-order valence-electron chi connectivity index (χ2n) is 7.72. The van der Waals surface area contributed by atoms with E-state index in [1.807, 2.05) is 19.1 Å². The first-order valence-corrected chi connectivity index (χ1v) is 12.1. The van der Waals surface area contributed by atoms with Gasteiger partial charge in [0, 0.05) is 23.0 Å². The standard InChI is InChI=1S/C22H24BrN5O3S/c1-13-8-15(16-9-19(23)25-11-18(16)30-2)17(10-24-13)20(29)26-21-27-28-22(32-21)31-12-14-6-4-3-5-7-14/h8-11,14H,3-7,12H2,1-2H3,(H,26,27,29). The number of pyridine rings is 2. The highest BCUT2D eigenvalue weighted by Gasteiger charge is 2.20. The molecule has 1 aliphatic rings. The van der Waals surface area contributed by atoms with E-state index in [1.54, 1.807) is 19.5 Å². The van der Waals surface area contributed by atoms with Crippen LogP contribution in [0.15, 0.2) is 29.1 Å². The Hall–Kier alpha value is -2.59. The molecule has 3 aromatic heterocycles. The first-order valence-electron chi connectivity index (χ1n) is 10.5. The number of aryl methyl sites for hydroxylation is 1. The van der Waals surface area contributed by atoms with Crippen molar-refractivity contribution in [3.05, 3.63) is 40.4 Å². The highest BCUT2D eigenvalue weighted by Crippen LogP contribution is 2.34. The maximum Gasteiger partial charge on any atom is 0.295 e. The molecule has 1 aliphatic carbocycles. The van der Waals surface area contributed by atoms with Crippen molar-refractivity contribution in [3.8, 4) is 22.1 Å². The first kappa shape index (κ1) is 22.6. The number of amides is 1. The van der Waals surface area contributed by atoms with Crippen LogP contribution in [0.2, 0.25) is 0 Å². The Morgan fingerprint density at radius 2 is 1.97 bits per heavy atom. The Balaban J connectivity index is 1.51. The molecule has 0 spiro atoms. The summed E-state index contributed by atoms with van der Waals surface area (Å²) in [6.07, 6.45) is 9.38. The number of nitrogens with zero attached hydrogens (tertiary/aromatic N) is 4. The predicted molar refractivity (Wildman–Crippen MR) is 126 cm³/mol. The van der Waals surface area contributed by atoms with E-state index in [-0.39, 0.29) is 5.91 Å². The van der Waals surface area contributed by atoms with Crippen molar-refractivity contribution in [1.29, 1.82) is 0 Å². The minimum Gasteiger partial charge on any atom is -0.494 e. The summed E-state index contributed by atoms with van der Waals surface area (Å²) in [5, 5.41) is 11.8. The topological polar surface area (TPSA) is 99.1 Å². The van der Waals surface area contributed by atoms with Gasteiger partial charge in [-0.3, -0.25) is 15.1 Å². The van der Waals surface area contributed by atoms with Crippen LogP contribution in [0.3, 0.4) is 0 Å². The van der Waals surface area contributed by atoms with Gasteiger partial charge in [0.15, 0.2) is 0 Å². The monoisotopic (exact) mass is 517 g/mol. The van der Waals surface area contributed by atoms with Crippen molar-refractivity contribution in [2.75, 3.05) is 19.0 Å². The van der Waals surface area contributed by atoms with E-state index in [2.05, 4.69) is 41.4 Å². The summed E-state index contributed by atoms with van der Waals surface area (Å²) < 4.78 is 11.9. The first-order chi connectivity index (χ1) is 15.5. The number of hydrogen-bond acceptors (Lipinski definition) is 8. The predicted octanol–water partition coefficient (Wildman–Crippen LogP) is 5.29. The highest BCUT2D eigenvalue weighted by atomic mass is 79.9. The second-order valence-corrected chi connectivity index (χ2v) is 9.47. The molecule has 10 heteroatoms. The number of ether oxygens (including phenoxy) is 2. The summed E-state index contributed by atoms with van der Waals surface area (Å²) in [5.41, 5.74) is 2.60. The quantitative estimate of drug-likeness (QED) is 0.425. The summed E-state index contributed by atoms with van der Waals surface area (Å²) in [4.78, 5) is 21.6. The number of anilines is 1. The maximum absolute atomic E-state index is 13.1. The molecule has 1 amide bonds. The number of rotatable bonds is 7. The van der Waals surface area contributed by atoms with Crippen LogP contribution in [-0.2, 0) is 0 Å². The molecule has 0 atom stereocenters. The third-order valence-corrected chi connectivity index (χ3v) is 6.61. The maximum atomic E-state index is 13.1. The Morgan fingerprint density at radius 3 is 2.75 bits per heavy atom. The average Bonchev–Trinajstić information content (AvgIpc) is 3.25. The van der Waals surface area contributed by atoms with Gasteiger partial charge in [-0.25, -0.2) is 4.98 Å². The van der Waals surface area contributed by atoms with Crippen LogP contribution in [0.25, 0.3) is 11.1 Å². The molecule has 3 heterocycles. The lowest BCUT2D eigenvalue weighted by atomic mass is 9.90. The van der Waals surface area contributed by atoms with E-state index in [0.717, 1.165) is 11.3 Å². The molecule has 1 saturated carbocycles. The Morgan fingerprint density at radius 1 is 1.16 bits per heavy atom. The zero-order chi connectivity index (χ0) is 22.5. The SMILES string of the molecule is COc1cnc(Br)cc1-c1cc(C)ncc1C(=O)Nc1nnc(OCC2CCCCC2)s1. The van der Waals surface area contributed by atoms with Crippen molar-refractivity contribution in [1.82, 2.24) is 20.2 Å². The molecule has 1 fully saturated rings. The number of aromatic nitrogens is 4. The zero-order valence-electron chi connectivity index (χ0n) is 17.9. The number of halogens is 1. The van der Waals surface area contributed by atoms with Gasteiger partial charge < -0.3 is 9.47 Å². The molecular weight excluding hydrogens is 494 g/mol. The van der Waals surface area contributed by atoms with Gasteiger partial charge in [-0.1, -0.05) is 24.4 Å². The number of hydrogen-bond donors (Lipinski definition) is 1. The average molecular weight is 518 g/mol. The Bertz CT molecular complexity index is 1100. The third-order valence-electron chi connectivity index (χ3n) is 5.42. The van der Waals surface area contributed by atoms with Gasteiger partial charge in [0.1, 0.15) is 10.4 Å². The Kier molecular flexibility index (Phi) is 7.31. The Labute approximate surface area is 198 Å². The van der Waals surface area contributed by atoms with Gasteiger partial charge in [0.2, 0.25) is 5.13 Å². The minimum atomic E-state index is -0.336. The molecular formula is C22H24BrN5O3S. The minimum absolute atomic E-state index is 0.336. The smallest absolute Gasteiger partial charge is 0.295 e. The normalized spacial score (nSPS) is 14.2. The lowest BCUT2D eigenvalue weighted by molar-refractivity contribution is 0.102. The van der Waals surface area contributed by atoms with Crippen LogP contribution in [0.4, 0.5) is 5.13 Å². The molecule has 32 heavy (non-hydrogen) atoms. The third kappa shape index (κ3) is 5.42. The molecule has 0 saturated heterocycles. The van der Waals surface area contributed by atoms with Gasteiger partial charge in [0.25, 0.3) is 11.1 Å². The number of carbonyl (C=O) groups is 1. The van der Waals surface area contributed by atoms with E-state index < -0.39 is 0 Å². The van der Waals surface area contributed by atoms with Crippen molar-refractivity contribution >= 4 is 38.3 Å². The number of carbonyl (C=O) groups excluding carboxylic acids is 1. The largest absolute Gasteiger partial charge is 0.494 e. The molecule has 0 unspecified atom stereocenters. The zero-order valence-corrected chi connectivity index (χ0v) is 20.3. The fraction of sp³-hybridized carbons (Fsp3) is 0.409. The van der Waals surface area contributed by atoms with Crippen molar-refractivity contribution in [3.63, 3.8) is 0 Å². The van der Waals surface area contributed by atoms with E-state index in [4.69, 9.17) is 9.47 Å². The number of methoxy groups -OCH3 is 1. The number of nitrogens with one attached hydrogen (secondary N) is 1. The van der Waals surface area contributed by atoms with Gasteiger partial charge in [-0.2, -0.15) is 0 Å². The van der Waals surface area contributed by atoms with Crippen molar-refractivity contribution < 1.29 is 14.3 Å². The highest BCUT2D eigenvalue weighted by molar-refractivity contribution is 9.10. The van der Waals surface area contributed by atoms with E-state index in [1.165, 1.54) is 43.4 Å². The fourth-order valence-electron chi connectivity index (χ4n) is 3.78. The summed E-state index contributed by atoms with van der Waals surface area (Å²) >= 11 is 4.61. The molecule has 0 aliphatic heterocycles. The molecule has 0 aromatic carbocycles. The molecule has 4 rings (SSSR count). The van der Waals surface area contributed by atoms with E-state index in [0.29, 0.717) is 44.3 Å². The van der Waals surface area contributed by atoms with Crippen LogP contribution >= 0.6 is 27.3 Å². The van der Waals surface area contributed by atoms with Gasteiger partial charge in [-0.15, -0.1) is 5.10 Å². The lowest BCUT2D eigenvalue weighted by Gasteiger charge is -2.20. The van der Waals surface area contributed by atoms with Crippen LogP contribution in [-0.4, -0.2) is 39.8 Å². The summed E-state index contributed by atoms with van der Waals surface area (Å²) in [6.45, 7) is 2.51. The molecule has 1 N–H and O–H groups in total. The van der Waals surface area contributed by atoms with Crippen LogP contribution < -0.4 is 14.8 Å². The molecule has 3 aromatic rings. The molecule has 0 radical (unpaired) electrons. The second kappa shape index (κ2) is 10.4. The summed E-state index contributed by atoms with van der Waals surface area (Å²) in [5.74, 6) is 0.793. The summed E-state index contributed by atoms with van der Waals surface area (Å²) in [7, 11) is 1.57. The van der Waals surface area contributed by atoms with E-state index >= 15 is 0 Å². The van der Waals surface area contributed by atoms with Gasteiger partial charge in [-0.05, 0) is 65.1 Å². The van der Waals surface area contributed by atoms with Crippen LogP contribution in [0.5, 0.6) is 10.9 Å². The van der Waals surface area contributed by atoms with Crippen molar-refractivity contribution in [2.24, 2.45) is 5.92 Å². The lowest BCUT2D eigenvalue weighted by Crippen LogP contribution is -2.15. The van der Waals surface area contributed by atoms with Crippen LogP contribution in [0.1, 0.15) is 48.2 Å². The van der Waals surface area contributed by atoms with Gasteiger partial charge >= 0.3 is 0 Å².